The van der Waals surface area contributed by atoms with Crippen LogP contribution < -0.4 is 10.5 Å². The first-order chi connectivity index (χ1) is 8.72. The molecule has 0 spiro atoms. The van der Waals surface area contributed by atoms with Gasteiger partial charge in [-0.1, -0.05) is 25.7 Å². The minimum absolute atomic E-state index is 0.252. The first-order valence-corrected chi connectivity index (χ1v) is 7.78. The Morgan fingerprint density at radius 2 is 1.89 bits per heavy atom. The zero-order chi connectivity index (χ0) is 13.0. The van der Waals surface area contributed by atoms with Crippen molar-refractivity contribution in [3.63, 3.8) is 0 Å². The molecule has 1 fully saturated rings. The van der Waals surface area contributed by atoms with Gasteiger partial charge in [0.1, 0.15) is 5.75 Å². The van der Waals surface area contributed by atoms with Gasteiger partial charge in [0.25, 0.3) is 0 Å². The highest BCUT2D eigenvalue weighted by atomic mass is 32.2. The molecule has 0 radical (unpaired) electrons. The standard InChI is InChI=1S/C14H21NO2S/c1-17-11-8-9-13(15)14(10-11)18(16)12-6-4-2-3-5-7-12/h8-10,12H,2-7,15H2,1H3. The van der Waals surface area contributed by atoms with Gasteiger partial charge in [0, 0.05) is 10.9 Å². The lowest BCUT2D eigenvalue weighted by atomic mass is 10.2. The normalized spacial score (nSPS) is 19.2. The molecule has 1 aromatic rings. The van der Waals surface area contributed by atoms with E-state index >= 15 is 0 Å². The summed E-state index contributed by atoms with van der Waals surface area (Å²) in [7, 11) is 0.606. The third-order valence-corrected chi connectivity index (χ3v) is 5.41. The van der Waals surface area contributed by atoms with E-state index in [0.29, 0.717) is 5.69 Å². The van der Waals surface area contributed by atoms with E-state index < -0.39 is 10.8 Å². The number of benzene rings is 1. The monoisotopic (exact) mass is 267 g/mol. The summed E-state index contributed by atoms with van der Waals surface area (Å²) in [5.41, 5.74) is 6.55. The molecule has 1 aliphatic rings. The predicted octanol–water partition coefficient (Wildman–Crippen LogP) is 3.11. The fraction of sp³-hybridized carbons (Fsp3) is 0.571. The summed E-state index contributed by atoms with van der Waals surface area (Å²) in [6, 6.07) is 5.40. The fourth-order valence-corrected chi connectivity index (χ4v) is 4.10. The summed E-state index contributed by atoms with van der Waals surface area (Å²) in [6.45, 7) is 0. The summed E-state index contributed by atoms with van der Waals surface area (Å²) < 4.78 is 17.8. The van der Waals surface area contributed by atoms with Crippen LogP contribution in [-0.2, 0) is 10.8 Å². The minimum Gasteiger partial charge on any atom is -0.497 e. The maximum atomic E-state index is 12.6. The maximum absolute atomic E-state index is 12.6. The molecule has 4 heteroatoms. The molecule has 0 amide bonds. The van der Waals surface area contributed by atoms with E-state index in [-0.39, 0.29) is 5.25 Å². The molecule has 1 aliphatic carbocycles. The number of rotatable bonds is 3. The lowest BCUT2D eigenvalue weighted by Crippen LogP contribution is -2.15. The molecule has 1 aromatic carbocycles. The quantitative estimate of drug-likeness (QED) is 0.676. The Hall–Kier alpha value is -1.03. The van der Waals surface area contributed by atoms with Crippen LogP contribution in [0.3, 0.4) is 0 Å². The lowest BCUT2D eigenvalue weighted by molar-refractivity contribution is 0.413. The highest BCUT2D eigenvalue weighted by molar-refractivity contribution is 7.85. The van der Waals surface area contributed by atoms with Crippen molar-refractivity contribution in [2.24, 2.45) is 0 Å². The van der Waals surface area contributed by atoms with Gasteiger partial charge in [-0.05, 0) is 31.0 Å². The van der Waals surface area contributed by atoms with Gasteiger partial charge >= 0.3 is 0 Å². The zero-order valence-corrected chi connectivity index (χ0v) is 11.7. The Morgan fingerprint density at radius 1 is 1.22 bits per heavy atom. The molecule has 2 N–H and O–H groups in total. The molecule has 2 rings (SSSR count). The van der Waals surface area contributed by atoms with Gasteiger partial charge in [-0.3, -0.25) is 4.21 Å². The average Bonchev–Trinajstić information content (AvgIpc) is 2.67. The van der Waals surface area contributed by atoms with Gasteiger partial charge in [-0.15, -0.1) is 0 Å². The van der Waals surface area contributed by atoms with Crippen LogP contribution in [0.15, 0.2) is 23.1 Å². The first kappa shape index (κ1) is 13.4. The van der Waals surface area contributed by atoms with Gasteiger partial charge in [0.15, 0.2) is 0 Å². The molecule has 1 saturated carbocycles. The lowest BCUT2D eigenvalue weighted by Gasteiger charge is -2.15. The summed E-state index contributed by atoms with van der Waals surface area (Å²) in [5.74, 6) is 0.723. The third kappa shape index (κ3) is 3.05. The van der Waals surface area contributed by atoms with Gasteiger partial charge in [0.05, 0.1) is 22.8 Å². The minimum atomic E-state index is -1.01. The third-order valence-electron chi connectivity index (χ3n) is 3.54. The second-order valence-corrected chi connectivity index (χ2v) is 6.52. The molecule has 1 unspecified atom stereocenters. The van der Waals surface area contributed by atoms with Crippen molar-refractivity contribution in [1.29, 1.82) is 0 Å². The number of anilines is 1. The molecule has 18 heavy (non-hydrogen) atoms. The molecule has 1 atom stereocenters. The zero-order valence-electron chi connectivity index (χ0n) is 10.9. The van der Waals surface area contributed by atoms with E-state index in [1.165, 1.54) is 25.7 Å². The van der Waals surface area contributed by atoms with Crippen LogP contribution in [0.1, 0.15) is 38.5 Å². The SMILES string of the molecule is COc1ccc(N)c(S(=O)C2CCCCCC2)c1. The topological polar surface area (TPSA) is 52.3 Å². The summed E-state index contributed by atoms with van der Waals surface area (Å²) in [6.07, 6.45) is 6.98. The highest BCUT2D eigenvalue weighted by Gasteiger charge is 2.22. The molecular formula is C14H21NO2S. The Labute approximate surface area is 111 Å². The van der Waals surface area contributed by atoms with Crippen molar-refractivity contribution in [3.05, 3.63) is 18.2 Å². The Kier molecular flexibility index (Phi) is 4.64. The van der Waals surface area contributed by atoms with E-state index in [2.05, 4.69) is 0 Å². The summed E-state index contributed by atoms with van der Waals surface area (Å²) in [5, 5.41) is 0.252. The predicted molar refractivity (Wildman–Crippen MR) is 75.3 cm³/mol. The van der Waals surface area contributed by atoms with Crippen molar-refractivity contribution < 1.29 is 8.95 Å². The number of hydrogen-bond acceptors (Lipinski definition) is 3. The van der Waals surface area contributed by atoms with Gasteiger partial charge in [0.2, 0.25) is 0 Å². The van der Waals surface area contributed by atoms with Crippen LogP contribution in [0.25, 0.3) is 0 Å². The van der Waals surface area contributed by atoms with E-state index in [4.69, 9.17) is 10.5 Å². The van der Waals surface area contributed by atoms with E-state index in [0.717, 1.165) is 23.5 Å². The molecule has 0 bridgehead atoms. The average molecular weight is 267 g/mol. The van der Waals surface area contributed by atoms with Crippen LogP contribution in [0.5, 0.6) is 5.75 Å². The Morgan fingerprint density at radius 3 is 2.50 bits per heavy atom. The van der Waals surface area contributed by atoms with Crippen molar-refractivity contribution in [2.45, 2.75) is 48.7 Å². The van der Waals surface area contributed by atoms with Crippen LogP contribution in [0.4, 0.5) is 5.69 Å². The number of hydrogen-bond donors (Lipinski definition) is 1. The molecule has 0 saturated heterocycles. The Balaban J connectivity index is 2.21. The van der Waals surface area contributed by atoms with Gasteiger partial charge in [-0.2, -0.15) is 0 Å². The van der Waals surface area contributed by atoms with Crippen LogP contribution in [-0.4, -0.2) is 16.6 Å². The summed E-state index contributed by atoms with van der Waals surface area (Å²) in [4.78, 5) is 0.737. The highest BCUT2D eigenvalue weighted by Crippen LogP contribution is 2.29. The van der Waals surface area contributed by atoms with Crippen molar-refractivity contribution in [3.8, 4) is 5.75 Å². The first-order valence-electron chi connectivity index (χ1n) is 6.56. The fourth-order valence-electron chi connectivity index (χ4n) is 2.45. The van der Waals surface area contributed by atoms with E-state index in [1.54, 1.807) is 13.2 Å². The number of methoxy groups -OCH3 is 1. The maximum Gasteiger partial charge on any atom is 0.120 e. The van der Waals surface area contributed by atoms with Crippen LogP contribution in [0, 0.1) is 0 Å². The number of ether oxygens (including phenoxy) is 1. The van der Waals surface area contributed by atoms with Crippen LogP contribution >= 0.6 is 0 Å². The van der Waals surface area contributed by atoms with E-state index in [9.17, 15) is 4.21 Å². The largest absolute Gasteiger partial charge is 0.497 e. The van der Waals surface area contributed by atoms with Crippen LogP contribution in [0.2, 0.25) is 0 Å². The van der Waals surface area contributed by atoms with Crippen molar-refractivity contribution >= 4 is 16.5 Å². The van der Waals surface area contributed by atoms with Crippen molar-refractivity contribution in [2.75, 3.05) is 12.8 Å². The smallest absolute Gasteiger partial charge is 0.120 e. The number of nitrogen functional groups attached to an aromatic ring is 1. The summed E-state index contributed by atoms with van der Waals surface area (Å²) >= 11 is 0. The molecule has 0 heterocycles. The molecule has 3 nitrogen and oxygen atoms in total. The molecule has 0 aliphatic heterocycles. The van der Waals surface area contributed by atoms with Crippen molar-refractivity contribution in [1.82, 2.24) is 0 Å². The van der Waals surface area contributed by atoms with Gasteiger partial charge in [-0.25, -0.2) is 0 Å². The molecular weight excluding hydrogens is 246 g/mol. The van der Waals surface area contributed by atoms with E-state index in [1.807, 2.05) is 12.1 Å². The second kappa shape index (κ2) is 6.23. The molecule has 0 aromatic heterocycles. The number of nitrogens with two attached hydrogens (primary N) is 1. The second-order valence-electron chi connectivity index (χ2n) is 4.81. The Bertz CT molecular complexity index is 426. The van der Waals surface area contributed by atoms with Gasteiger partial charge < -0.3 is 10.5 Å². The molecule has 100 valence electrons.